The Morgan fingerprint density at radius 2 is 1.76 bits per heavy atom. The van der Waals surface area contributed by atoms with Crippen molar-refractivity contribution >= 4 is 11.6 Å². The van der Waals surface area contributed by atoms with E-state index in [0.717, 1.165) is 25.2 Å². The zero-order valence-electron chi connectivity index (χ0n) is 12.7. The molecule has 1 heterocycles. The van der Waals surface area contributed by atoms with Gasteiger partial charge in [0, 0.05) is 11.8 Å². The Morgan fingerprint density at radius 3 is 2.29 bits per heavy atom. The molecule has 0 radical (unpaired) electrons. The summed E-state index contributed by atoms with van der Waals surface area (Å²) in [6, 6.07) is 3.24. The SMILES string of the molecule is C[C@@H]1C[C@H](C)C[NH+]([C@@H](C)C(=O)Nc2c(F)cccc2F)C1. The van der Waals surface area contributed by atoms with E-state index in [-0.39, 0.29) is 17.6 Å². The van der Waals surface area contributed by atoms with Gasteiger partial charge >= 0.3 is 0 Å². The Hall–Kier alpha value is -1.49. The first kappa shape index (κ1) is 15.9. The van der Waals surface area contributed by atoms with E-state index in [0.29, 0.717) is 11.8 Å². The number of hydrogen-bond acceptors (Lipinski definition) is 1. The van der Waals surface area contributed by atoms with Gasteiger partial charge in [0.25, 0.3) is 5.91 Å². The van der Waals surface area contributed by atoms with Gasteiger partial charge in [-0.1, -0.05) is 19.9 Å². The fourth-order valence-corrected chi connectivity index (χ4v) is 3.22. The number of quaternary nitrogens is 1. The molecule has 1 aliphatic heterocycles. The Labute approximate surface area is 124 Å². The summed E-state index contributed by atoms with van der Waals surface area (Å²) in [4.78, 5) is 13.4. The minimum Gasteiger partial charge on any atom is -0.324 e. The molecule has 1 unspecified atom stereocenters. The summed E-state index contributed by atoms with van der Waals surface area (Å²) in [5.41, 5.74) is -0.355. The number of halogens is 2. The number of carbonyl (C=O) groups is 1. The molecule has 0 bridgehead atoms. The van der Waals surface area contributed by atoms with Crippen LogP contribution in [0.15, 0.2) is 18.2 Å². The molecule has 0 aromatic heterocycles. The first-order chi connectivity index (χ1) is 9.88. The molecular formula is C16H23F2N2O+. The van der Waals surface area contributed by atoms with Crippen molar-refractivity contribution in [1.82, 2.24) is 0 Å². The zero-order chi connectivity index (χ0) is 15.6. The number of hydrogen-bond donors (Lipinski definition) is 2. The maximum Gasteiger partial charge on any atom is 0.282 e. The van der Waals surface area contributed by atoms with Gasteiger partial charge in [0.1, 0.15) is 17.3 Å². The van der Waals surface area contributed by atoms with Gasteiger partial charge in [-0.05, 0) is 25.5 Å². The molecule has 0 saturated carbocycles. The molecule has 1 saturated heterocycles. The molecule has 116 valence electrons. The van der Waals surface area contributed by atoms with Gasteiger partial charge in [-0.25, -0.2) is 8.78 Å². The van der Waals surface area contributed by atoms with Crippen LogP contribution in [-0.2, 0) is 4.79 Å². The molecule has 2 rings (SSSR count). The van der Waals surface area contributed by atoms with Gasteiger partial charge < -0.3 is 10.2 Å². The van der Waals surface area contributed by atoms with Crippen molar-refractivity contribution < 1.29 is 18.5 Å². The molecule has 0 spiro atoms. The van der Waals surface area contributed by atoms with E-state index in [2.05, 4.69) is 19.2 Å². The van der Waals surface area contributed by atoms with E-state index in [1.165, 1.54) is 17.4 Å². The van der Waals surface area contributed by atoms with Crippen molar-refractivity contribution in [2.45, 2.75) is 33.2 Å². The van der Waals surface area contributed by atoms with Gasteiger partial charge in [-0.15, -0.1) is 0 Å². The summed E-state index contributed by atoms with van der Waals surface area (Å²) in [5.74, 6) is -0.708. The molecule has 0 aliphatic carbocycles. The number of anilines is 1. The number of amides is 1. The third-order valence-corrected chi connectivity index (χ3v) is 4.24. The Balaban J connectivity index is 2.06. The maximum atomic E-state index is 13.6. The lowest BCUT2D eigenvalue weighted by Gasteiger charge is -2.35. The summed E-state index contributed by atoms with van der Waals surface area (Å²) in [6.07, 6.45) is 1.17. The smallest absolute Gasteiger partial charge is 0.282 e. The number of benzene rings is 1. The van der Waals surface area contributed by atoms with E-state index in [1.807, 2.05) is 6.92 Å². The lowest BCUT2D eigenvalue weighted by Crippen LogP contribution is -3.18. The van der Waals surface area contributed by atoms with Crippen LogP contribution in [0.2, 0.25) is 0 Å². The number of para-hydroxylation sites is 1. The molecule has 1 aromatic rings. The van der Waals surface area contributed by atoms with Gasteiger partial charge in [-0.3, -0.25) is 4.79 Å². The second-order valence-electron chi connectivity index (χ2n) is 6.32. The molecule has 5 heteroatoms. The number of nitrogens with one attached hydrogen (secondary N) is 2. The second kappa shape index (κ2) is 6.52. The molecule has 3 nitrogen and oxygen atoms in total. The average molecular weight is 297 g/mol. The van der Waals surface area contributed by atoms with Crippen LogP contribution in [0.25, 0.3) is 0 Å². The zero-order valence-corrected chi connectivity index (χ0v) is 12.7. The van der Waals surface area contributed by atoms with Crippen LogP contribution in [0.1, 0.15) is 27.2 Å². The molecule has 1 amide bonds. The highest BCUT2D eigenvalue weighted by Crippen LogP contribution is 2.18. The predicted octanol–water partition coefficient (Wildman–Crippen LogP) is 1.85. The van der Waals surface area contributed by atoms with Crippen molar-refractivity contribution in [3.05, 3.63) is 29.8 Å². The monoisotopic (exact) mass is 297 g/mol. The summed E-state index contributed by atoms with van der Waals surface area (Å²) >= 11 is 0. The second-order valence-corrected chi connectivity index (χ2v) is 6.32. The Morgan fingerprint density at radius 1 is 1.24 bits per heavy atom. The van der Waals surface area contributed by atoms with Gasteiger partial charge in [0.05, 0.1) is 13.1 Å². The highest BCUT2D eigenvalue weighted by molar-refractivity contribution is 5.93. The molecule has 1 aromatic carbocycles. The Bertz CT molecular complexity index is 491. The Kier molecular flexibility index (Phi) is 4.93. The number of piperidine rings is 1. The lowest BCUT2D eigenvalue weighted by molar-refractivity contribution is -0.925. The summed E-state index contributed by atoms with van der Waals surface area (Å²) in [5, 5.41) is 2.40. The topological polar surface area (TPSA) is 33.5 Å². The lowest BCUT2D eigenvalue weighted by atomic mass is 9.91. The highest BCUT2D eigenvalue weighted by Gasteiger charge is 2.32. The normalized spacial score (nSPS) is 27.2. The van der Waals surface area contributed by atoms with Crippen molar-refractivity contribution in [3.63, 3.8) is 0 Å². The molecule has 21 heavy (non-hydrogen) atoms. The fourth-order valence-electron chi connectivity index (χ4n) is 3.22. The largest absolute Gasteiger partial charge is 0.324 e. The van der Waals surface area contributed by atoms with Gasteiger partial charge in [-0.2, -0.15) is 0 Å². The quantitative estimate of drug-likeness (QED) is 0.877. The van der Waals surface area contributed by atoms with E-state index in [9.17, 15) is 13.6 Å². The molecule has 1 fully saturated rings. The number of carbonyl (C=O) groups excluding carboxylic acids is 1. The van der Waals surface area contributed by atoms with Crippen LogP contribution in [0.4, 0.5) is 14.5 Å². The van der Waals surface area contributed by atoms with Crippen LogP contribution < -0.4 is 10.2 Å². The third kappa shape index (κ3) is 3.79. The highest BCUT2D eigenvalue weighted by atomic mass is 19.1. The van der Waals surface area contributed by atoms with Crippen LogP contribution >= 0.6 is 0 Å². The summed E-state index contributed by atoms with van der Waals surface area (Å²) in [7, 11) is 0. The van der Waals surface area contributed by atoms with E-state index >= 15 is 0 Å². The minimum absolute atomic E-state index is 0.325. The molecular weight excluding hydrogens is 274 g/mol. The first-order valence-electron chi connectivity index (χ1n) is 7.48. The maximum absolute atomic E-state index is 13.6. The van der Waals surface area contributed by atoms with E-state index in [1.54, 1.807) is 0 Å². The number of rotatable bonds is 3. The summed E-state index contributed by atoms with van der Waals surface area (Å²) in [6.45, 7) is 8.00. The molecule has 1 aliphatic rings. The van der Waals surface area contributed by atoms with Crippen LogP contribution in [0, 0.1) is 23.5 Å². The minimum atomic E-state index is -0.745. The van der Waals surface area contributed by atoms with Crippen LogP contribution in [0.3, 0.4) is 0 Å². The van der Waals surface area contributed by atoms with Gasteiger partial charge in [0.15, 0.2) is 6.04 Å². The first-order valence-corrected chi connectivity index (χ1v) is 7.48. The number of likely N-dealkylation sites (tertiary alicyclic amines) is 1. The van der Waals surface area contributed by atoms with E-state index < -0.39 is 11.6 Å². The third-order valence-electron chi connectivity index (χ3n) is 4.24. The standard InChI is InChI=1S/C16H22F2N2O/c1-10-7-11(2)9-20(8-10)12(3)16(21)19-15-13(17)5-4-6-14(15)18/h4-6,10-12H,7-9H2,1-3H3,(H,19,21)/p+1/t10-,11+,12-/m0/s1. The molecule has 4 atom stereocenters. The van der Waals surface area contributed by atoms with Crippen LogP contribution in [0.5, 0.6) is 0 Å². The van der Waals surface area contributed by atoms with Crippen LogP contribution in [-0.4, -0.2) is 25.0 Å². The van der Waals surface area contributed by atoms with Crippen molar-refractivity contribution in [2.24, 2.45) is 11.8 Å². The fraction of sp³-hybridized carbons (Fsp3) is 0.562. The van der Waals surface area contributed by atoms with E-state index in [4.69, 9.17) is 0 Å². The van der Waals surface area contributed by atoms with Crippen molar-refractivity contribution in [1.29, 1.82) is 0 Å². The summed E-state index contributed by atoms with van der Waals surface area (Å²) < 4.78 is 27.2. The predicted molar refractivity (Wildman–Crippen MR) is 78.1 cm³/mol. The van der Waals surface area contributed by atoms with Gasteiger partial charge in [0.2, 0.25) is 0 Å². The van der Waals surface area contributed by atoms with Crippen molar-refractivity contribution in [3.8, 4) is 0 Å². The molecule has 2 N–H and O–H groups in total. The average Bonchev–Trinajstić information content (AvgIpc) is 2.41. The van der Waals surface area contributed by atoms with Crippen molar-refractivity contribution in [2.75, 3.05) is 18.4 Å².